The van der Waals surface area contributed by atoms with E-state index >= 15 is 0 Å². The molecular formula is C13H10ClN5O. The molecule has 0 aromatic carbocycles. The highest BCUT2D eigenvalue weighted by Crippen LogP contribution is 2.21. The van der Waals surface area contributed by atoms with Crippen molar-refractivity contribution in [3.8, 4) is 0 Å². The molecule has 7 heteroatoms. The van der Waals surface area contributed by atoms with Gasteiger partial charge in [0.1, 0.15) is 0 Å². The summed E-state index contributed by atoms with van der Waals surface area (Å²) < 4.78 is 1.58. The lowest BCUT2D eigenvalue weighted by Gasteiger charge is -2.06. The topological polar surface area (TPSA) is 72.2 Å². The zero-order valence-corrected chi connectivity index (χ0v) is 11.3. The predicted octanol–water partition coefficient (Wildman–Crippen LogP) is 2.34. The van der Waals surface area contributed by atoms with Crippen molar-refractivity contribution in [2.24, 2.45) is 0 Å². The van der Waals surface area contributed by atoms with E-state index in [-0.39, 0.29) is 11.1 Å². The third kappa shape index (κ3) is 2.21. The lowest BCUT2D eigenvalue weighted by Crippen LogP contribution is -2.12. The third-order valence-corrected chi connectivity index (χ3v) is 3.09. The van der Waals surface area contributed by atoms with Gasteiger partial charge in [-0.2, -0.15) is 5.10 Å². The SMILES string of the molecule is Cc1cnc(Cl)c(NC(=O)c2cnn3ccncc23)c1. The maximum atomic E-state index is 12.3. The average Bonchev–Trinajstić information content (AvgIpc) is 2.87. The van der Waals surface area contributed by atoms with Gasteiger partial charge in [0.15, 0.2) is 5.15 Å². The van der Waals surface area contributed by atoms with Crippen LogP contribution in [0.2, 0.25) is 5.15 Å². The minimum atomic E-state index is -0.303. The van der Waals surface area contributed by atoms with E-state index in [0.29, 0.717) is 16.8 Å². The summed E-state index contributed by atoms with van der Waals surface area (Å²) in [6.07, 6.45) is 7.98. The summed E-state index contributed by atoms with van der Waals surface area (Å²) in [6.45, 7) is 1.87. The zero-order chi connectivity index (χ0) is 14.1. The molecule has 0 aliphatic carbocycles. The molecule has 0 unspecified atom stereocenters. The number of amides is 1. The van der Waals surface area contributed by atoms with Gasteiger partial charge in [-0.05, 0) is 18.6 Å². The minimum absolute atomic E-state index is 0.249. The second-order valence-corrected chi connectivity index (χ2v) is 4.63. The summed E-state index contributed by atoms with van der Waals surface area (Å²) in [5.41, 5.74) is 2.43. The van der Waals surface area contributed by atoms with E-state index in [0.717, 1.165) is 5.56 Å². The van der Waals surface area contributed by atoms with Crippen molar-refractivity contribution in [1.82, 2.24) is 19.6 Å². The van der Waals surface area contributed by atoms with Crippen LogP contribution in [0.4, 0.5) is 5.69 Å². The first-order valence-electron chi connectivity index (χ1n) is 5.86. The molecule has 3 aromatic rings. The van der Waals surface area contributed by atoms with Crippen LogP contribution in [-0.2, 0) is 0 Å². The van der Waals surface area contributed by atoms with Crippen LogP contribution in [0, 0.1) is 6.92 Å². The monoisotopic (exact) mass is 287 g/mol. The van der Waals surface area contributed by atoms with Crippen molar-refractivity contribution in [1.29, 1.82) is 0 Å². The Morgan fingerprint density at radius 3 is 3.05 bits per heavy atom. The highest BCUT2D eigenvalue weighted by atomic mass is 35.5. The van der Waals surface area contributed by atoms with E-state index in [2.05, 4.69) is 20.4 Å². The summed E-state index contributed by atoms with van der Waals surface area (Å²) in [4.78, 5) is 20.3. The Labute approximate surface area is 119 Å². The number of nitrogens with one attached hydrogen (secondary N) is 1. The van der Waals surface area contributed by atoms with Crippen LogP contribution in [0.25, 0.3) is 5.52 Å². The number of hydrogen-bond donors (Lipinski definition) is 1. The highest BCUT2D eigenvalue weighted by Gasteiger charge is 2.14. The maximum absolute atomic E-state index is 12.3. The molecule has 0 spiro atoms. The Morgan fingerprint density at radius 1 is 1.35 bits per heavy atom. The standard InChI is InChI=1S/C13H10ClN5O/c1-8-4-10(12(14)16-5-8)18-13(20)9-6-17-19-3-2-15-7-11(9)19/h2-7H,1H3,(H,18,20). The van der Waals surface area contributed by atoms with Gasteiger partial charge in [-0.15, -0.1) is 0 Å². The van der Waals surface area contributed by atoms with E-state index in [4.69, 9.17) is 11.6 Å². The number of rotatable bonds is 2. The molecule has 0 atom stereocenters. The third-order valence-electron chi connectivity index (χ3n) is 2.79. The van der Waals surface area contributed by atoms with Crippen LogP contribution in [0.3, 0.4) is 0 Å². The molecule has 6 nitrogen and oxygen atoms in total. The second-order valence-electron chi connectivity index (χ2n) is 4.27. The van der Waals surface area contributed by atoms with E-state index in [1.54, 1.807) is 35.4 Å². The molecule has 3 rings (SSSR count). The van der Waals surface area contributed by atoms with Gasteiger partial charge in [0.25, 0.3) is 5.91 Å². The molecule has 3 aromatic heterocycles. The van der Waals surface area contributed by atoms with Crippen LogP contribution in [0.1, 0.15) is 15.9 Å². The number of anilines is 1. The predicted molar refractivity (Wildman–Crippen MR) is 74.9 cm³/mol. The van der Waals surface area contributed by atoms with Crippen molar-refractivity contribution < 1.29 is 4.79 Å². The van der Waals surface area contributed by atoms with Crippen LogP contribution >= 0.6 is 11.6 Å². The van der Waals surface area contributed by atoms with E-state index in [1.807, 2.05) is 6.92 Å². The smallest absolute Gasteiger partial charge is 0.259 e. The normalized spacial score (nSPS) is 10.7. The summed E-state index contributed by atoms with van der Waals surface area (Å²) >= 11 is 5.96. The van der Waals surface area contributed by atoms with E-state index in [9.17, 15) is 4.79 Å². The fourth-order valence-electron chi connectivity index (χ4n) is 1.84. The first-order valence-corrected chi connectivity index (χ1v) is 6.24. The van der Waals surface area contributed by atoms with Gasteiger partial charge in [-0.25, -0.2) is 9.50 Å². The number of halogens is 1. The summed E-state index contributed by atoms with van der Waals surface area (Å²) in [5.74, 6) is -0.303. The van der Waals surface area contributed by atoms with Gasteiger partial charge in [0, 0.05) is 18.6 Å². The van der Waals surface area contributed by atoms with Gasteiger partial charge in [0.05, 0.1) is 29.2 Å². The molecule has 0 fully saturated rings. The Morgan fingerprint density at radius 2 is 2.20 bits per heavy atom. The molecule has 20 heavy (non-hydrogen) atoms. The fraction of sp³-hybridized carbons (Fsp3) is 0.0769. The Kier molecular flexibility index (Phi) is 3.08. The zero-order valence-electron chi connectivity index (χ0n) is 10.5. The fourth-order valence-corrected chi connectivity index (χ4v) is 1.99. The van der Waals surface area contributed by atoms with E-state index in [1.165, 1.54) is 6.20 Å². The van der Waals surface area contributed by atoms with Gasteiger partial charge >= 0.3 is 0 Å². The van der Waals surface area contributed by atoms with Crippen molar-refractivity contribution in [3.05, 3.63) is 53.3 Å². The Hall–Kier alpha value is -2.47. The highest BCUT2D eigenvalue weighted by molar-refractivity contribution is 6.32. The molecular weight excluding hydrogens is 278 g/mol. The maximum Gasteiger partial charge on any atom is 0.259 e. The molecule has 0 radical (unpaired) electrons. The lowest BCUT2D eigenvalue weighted by atomic mass is 10.2. The van der Waals surface area contributed by atoms with Crippen molar-refractivity contribution >= 4 is 28.7 Å². The number of aromatic nitrogens is 4. The van der Waals surface area contributed by atoms with Crippen LogP contribution in [0.5, 0.6) is 0 Å². The molecule has 3 heterocycles. The van der Waals surface area contributed by atoms with Gasteiger partial charge in [0.2, 0.25) is 0 Å². The molecule has 1 amide bonds. The number of fused-ring (bicyclic) bond motifs is 1. The number of pyridine rings is 1. The van der Waals surface area contributed by atoms with Crippen LogP contribution in [-0.4, -0.2) is 25.5 Å². The summed E-state index contributed by atoms with van der Waals surface area (Å²) in [5, 5.41) is 7.07. The molecule has 0 bridgehead atoms. The Bertz CT molecular complexity index is 798. The number of carbonyl (C=O) groups is 1. The van der Waals surface area contributed by atoms with Gasteiger partial charge < -0.3 is 5.32 Å². The van der Waals surface area contributed by atoms with Crippen molar-refractivity contribution in [2.45, 2.75) is 6.92 Å². The number of nitrogens with zero attached hydrogens (tertiary/aromatic N) is 4. The molecule has 100 valence electrons. The quantitative estimate of drug-likeness (QED) is 0.734. The number of hydrogen-bond acceptors (Lipinski definition) is 4. The molecule has 0 saturated heterocycles. The molecule has 1 N–H and O–H groups in total. The minimum Gasteiger partial charge on any atom is -0.319 e. The van der Waals surface area contributed by atoms with Gasteiger partial charge in [-0.1, -0.05) is 11.6 Å². The first-order chi connectivity index (χ1) is 9.65. The summed E-state index contributed by atoms with van der Waals surface area (Å²) in [6, 6.07) is 1.76. The van der Waals surface area contributed by atoms with Crippen molar-refractivity contribution in [3.63, 3.8) is 0 Å². The van der Waals surface area contributed by atoms with Crippen molar-refractivity contribution in [2.75, 3.05) is 5.32 Å². The molecule has 0 aliphatic rings. The lowest BCUT2D eigenvalue weighted by molar-refractivity contribution is 0.102. The number of carbonyl (C=O) groups excluding carboxylic acids is 1. The van der Waals surface area contributed by atoms with E-state index < -0.39 is 0 Å². The molecule has 0 saturated carbocycles. The van der Waals surface area contributed by atoms with Gasteiger partial charge in [-0.3, -0.25) is 9.78 Å². The van der Waals surface area contributed by atoms with Crippen LogP contribution < -0.4 is 5.32 Å². The molecule has 0 aliphatic heterocycles. The number of aryl methyl sites for hydroxylation is 1. The second kappa shape index (κ2) is 4.90. The van der Waals surface area contributed by atoms with Crippen LogP contribution in [0.15, 0.2) is 37.1 Å². The largest absolute Gasteiger partial charge is 0.319 e. The summed E-state index contributed by atoms with van der Waals surface area (Å²) in [7, 11) is 0. The average molecular weight is 288 g/mol. The first kappa shape index (κ1) is 12.6. The Balaban J connectivity index is 1.95.